The Morgan fingerprint density at radius 1 is 1.19 bits per heavy atom. The topological polar surface area (TPSA) is 87.3 Å². The summed E-state index contributed by atoms with van der Waals surface area (Å²) in [6.45, 7) is 3.86. The number of fused-ring (bicyclic) bond motifs is 1. The van der Waals surface area contributed by atoms with E-state index in [1.165, 1.54) is 6.92 Å². The molecule has 7 heteroatoms. The maximum absolute atomic E-state index is 12.8. The minimum absolute atomic E-state index is 0.190. The summed E-state index contributed by atoms with van der Waals surface area (Å²) in [6.07, 6.45) is 3.11. The van der Waals surface area contributed by atoms with Gasteiger partial charge < -0.3 is 10.6 Å². The van der Waals surface area contributed by atoms with Gasteiger partial charge in [-0.2, -0.15) is 0 Å². The van der Waals surface area contributed by atoms with Crippen molar-refractivity contribution in [1.29, 1.82) is 0 Å². The predicted octanol–water partition coefficient (Wildman–Crippen LogP) is 2.47. The minimum Gasteiger partial charge on any atom is -0.326 e. The van der Waals surface area contributed by atoms with E-state index in [-0.39, 0.29) is 10.8 Å². The largest absolute Gasteiger partial charge is 0.326 e. The van der Waals surface area contributed by atoms with E-state index in [2.05, 4.69) is 15.4 Å². The predicted molar refractivity (Wildman–Crippen MR) is 104 cm³/mol. The number of anilines is 1. The molecule has 1 aliphatic heterocycles. The van der Waals surface area contributed by atoms with Crippen molar-refractivity contribution >= 4 is 32.4 Å². The molecule has 1 saturated heterocycles. The van der Waals surface area contributed by atoms with Crippen molar-refractivity contribution in [3.8, 4) is 0 Å². The van der Waals surface area contributed by atoms with Crippen LogP contribution in [-0.4, -0.2) is 34.0 Å². The Morgan fingerprint density at radius 2 is 1.96 bits per heavy atom. The number of carbonyl (C=O) groups is 1. The van der Waals surface area contributed by atoms with Crippen molar-refractivity contribution in [2.45, 2.75) is 31.1 Å². The summed E-state index contributed by atoms with van der Waals surface area (Å²) < 4.78 is 28.3. The van der Waals surface area contributed by atoms with Crippen LogP contribution < -0.4 is 15.4 Å². The molecule has 0 saturated carbocycles. The fourth-order valence-corrected chi connectivity index (χ4v) is 4.71. The van der Waals surface area contributed by atoms with E-state index >= 15 is 0 Å². The number of amides is 1. The molecule has 6 nitrogen and oxygen atoms in total. The van der Waals surface area contributed by atoms with Crippen LogP contribution in [0.4, 0.5) is 5.69 Å². The molecule has 2 aromatic carbocycles. The Balaban J connectivity index is 1.80. The average Bonchev–Trinajstić information content (AvgIpc) is 2.62. The lowest BCUT2D eigenvalue weighted by atomic mass is 9.96. The summed E-state index contributed by atoms with van der Waals surface area (Å²) in [5.74, 6) is 0.329. The molecule has 2 aromatic rings. The number of hydrogen-bond donors (Lipinski definition) is 3. The van der Waals surface area contributed by atoms with E-state index in [1.54, 1.807) is 24.3 Å². The third-order valence-electron chi connectivity index (χ3n) is 4.73. The number of benzene rings is 2. The molecule has 3 N–H and O–H groups in total. The number of nitrogens with one attached hydrogen (secondary N) is 3. The van der Waals surface area contributed by atoms with Gasteiger partial charge in [0.25, 0.3) is 0 Å². The van der Waals surface area contributed by atoms with Crippen LogP contribution >= 0.6 is 0 Å². The molecular weight excluding hydrogens is 350 g/mol. The molecule has 0 aliphatic carbocycles. The van der Waals surface area contributed by atoms with Crippen LogP contribution in [-0.2, 0) is 14.8 Å². The molecule has 0 bridgehead atoms. The molecule has 0 aromatic heterocycles. The molecule has 1 fully saturated rings. The molecular formula is C19H25N3O3S. The second-order valence-corrected chi connectivity index (χ2v) is 8.47. The lowest BCUT2D eigenvalue weighted by Crippen LogP contribution is -2.33. The van der Waals surface area contributed by atoms with E-state index in [1.807, 2.05) is 12.1 Å². The highest BCUT2D eigenvalue weighted by Crippen LogP contribution is 2.29. The van der Waals surface area contributed by atoms with Crippen LogP contribution in [0.3, 0.4) is 0 Å². The number of sulfonamides is 1. The first-order valence-corrected chi connectivity index (χ1v) is 10.5. The summed E-state index contributed by atoms with van der Waals surface area (Å²) in [5, 5.41) is 7.41. The zero-order valence-corrected chi connectivity index (χ0v) is 15.7. The number of piperidine rings is 1. The lowest BCUT2D eigenvalue weighted by Gasteiger charge is -2.22. The first kappa shape index (κ1) is 18.8. The highest BCUT2D eigenvalue weighted by atomic mass is 32.2. The quantitative estimate of drug-likeness (QED) is 0.724. The smallest absolute Gasteiger partial charge is 0.241 e. The molecule has 0 radical (unpaired) electrons. The molecule has 1 heterocycles. The van der Waals surface area contributed by atoms with Gasteiger partial charge in [-0.25, -0.2) is 13.1 Å². The van der Waals surface area contributed by atoms with Gasteiger partial charge in [0.15, 0.2) is 0 Å². The molecule has 140 valence electrons. The Morgan fingerprint density at radius 3 is 2.65 bits per heavy atom. The van der Waals surface area contributed by atoms with Gasteiger partial charge in [0.2, 0.25) is 15.9 Å². The number of rotatable bonds is 6. The van der Waals surface area contributed by atoms with Crippen LogP contribution in [0, 0.1) is 5.92 Å². The van der Waals surface area contributed by atoms with Crippen molar-refractivity contribution in [3.05, 3.63) is 36.4 Å². The van der Waals surface area contributed by atoms with Crippen molar-refractivity contribution < 1.29 is 13.2 Å². The summed E-state index contributed by atoms with van der Waals surface area (Å²) in [4.78, 5) is 11.6. The number of hydrogen-bond acceptors (Lipinski definition) is 4. The lowest BCUT2D eigenvalue weighted by molar-refractivity contribution is -0.114. The van der Waals surface area contributed by atoms with E-state index in [0.29, 0.717) is 28.9 Å². The zero-order chi connectivity index (χ0) is 18.6. The first-order valence-electron chi connectivity index (χ1n) is 8.97. The molecule has 1 amide bonds. The average molecular weight is 375 g/mol. The number of carbonyl (C=O) groups excluding carboxylic acids is 1. The van der Waals surface area contributed by atoms with E-state index < -0.39 is 10.0 Å². The van der Waals surface area contributed by atoms with Gasteiger partial charge in [-0.1, -0.05) is 24.3 Å². The van der Waals surface area contributed by atoms with Crippen LogP contribution in [0.1, 0.15) is 26.2 Å². The molecule has 0 spiro atoms. The van der Waals surface area contributed by atoms with Crippen molar-refractivity contribution in [2.75, 3.05) is 25.0 Å². The maximum atomic E-state index is 12.8. The van der Waals surface area contributed by atoms with Gasteiger partial charge in [0, 0.05) is 29.9 Å². The van der Waals surface area contributed by atoms with Gasteiger partial charge >= 0.3 is 0 Å². The van der Waals surface area contributed by atoms with Crippen LogP contribution in [0.25, 0.3) is 10.8 Å². The van der Waals surface area contributed by atoms with Gasteiger partial charge in [0.05, 0.1) is 4.90 Å². The Labute approximate surface area is 154 Å². The summed E-state index contributed by atoms with van der Waals surface area (Å²) >= 11 is 0. The fraction of sp³-hybridized carbons (Fsp3) is 0.421. The van der Waals surface area contributed by atoms with Crippen molar-refractivity contribution in [2.24, 2.45) is 5.92 Å². The zero-order valence-electron chi connectivity index (χ0n) is 14.9. The fourth-order valence-electron chi connectivity index (χ4n) is 3.45. The second kappa shape index (κ2) is 8.16. The standard InChI is InChI=1S/C19H25N3O3S/c1-14(23)22-18-8-9-19(17-7-3-2-6-16(17)18)26(24,25)21-12-10-15-5-4-11-20-13-15/h2-3,6-9,15,20-21H,4-5,10-13H2,1H3,(H,22,23). The summed E-state index contributed by atoms with van der Waals surface area (Å²) in [7, 11) is -3.62. The SMILES string of the molecule is CC(=O)Nc1ccc(S(=O)(=O)NCCC2CCCNC2)c2ccccc12. The van der Waals surface area contributed by atoms with Crippen LogP contribution in [0.5, 0.6) is 0 Å². The van der Waals surface area contributed by atoms with E-state index in [0.717, 1.165) is 32.4 Å². The Kier molecular flexibility index (Phi) is 5.90. The summed E-state index contributed by atoms with van der Waals surface area (Å²) in [5.41, 5.74) is 0.611. The van der Waals surface area contributed by atoms with Gasteiger partial charge in [0.1, 0.15) is 0 Å². The highest BCUT2D eigenvalue weighted by Gasteiger charge is 2.20. The molecule has 26 heavy (non-hydrogen) atoms. The maximum Gasteiger partial charge on any atom is 0.241 e. The van der Waals surface area contributed by atoms with E-state index in [4.69, 9.17) is 0 Å². The first-order chi connectivity index (χ1) is 12.5. The molecule has 3 rings (SSSR count). The van der Waals surface area contributed by atoms with Crippen LogP contribution in [0.2, 0.25) is 0 Å². The monoisotopic (exact) mass is 375 g/mol. The van der Waals surface area contributed by atoms with Gasteiger partial charge in [-0.15, -0.1) is 0 Å². The third-order valence-corrected chi connectivity index (χ3v) is 6.25. The summed E-state index contributed by atoms with van der Waals surface area (Å²) in [6, 6.07) is 10.4. The Hall–Kier alpha value is -1.96. The minimum atomic E-state index is -3.62. The van der Waals surface area contributed by atoms with Crippen molar-refractivity contribution in [1.82, 2.24) is 10.0 Å². The molecule has 1 atom stereocenters. The second-order valence-electron chi connectivity index (χ2n) is 6.74. The van der Waals surface area contributed by atoms with Gasteiger partial charge in [-0.3, -0.25) is 4.79 Å². The van der Waals surface area contributed by atoms with Crippen molar-refractivity contribution in [3.63, 3.8) is 0 Å². The molecule has 1 aliphatic rings. The Bertz CT molecular complexity index is 890. The highest BCUT2D eigenvalue weighted by molar-refractivity contribution is 7.89. The van der Waals surface area contributed by atoms with Crippen LogP contribution in [0.15, 0.2) is 41.3 Å². The third kappa shape index (κ3) is 4.41. The van der Waals surface area contributed by atoms with Gasteiger partial charge in [-0.05, 0) is 50.4 Å². The van der Waals surface area contributed by atoms with E-state index in [9.17, 15) is 13.2 Å². The molecule has 1 unspecified atom stereocenters. The normalized spacial score (nSPS) is 18.0.